The van der Waals surface area contributed by atoms with Crippen molar-refractivity contribution in [3.8, 4) is 5.75 Å². The zero-order valence-electron chi connectivity index (χ0n) is 10.7. The molecule has 0 aliphatic carbocycles. The molecule has 108 valence electrons. The van der Waals surface area contributed by atoms with Crippen molar-refractivity contribution in [1.29, 1.82) is 0 Å². The van der Waals surface area contributed by atoms with E-state index >= 15 is 0 Å². The van der Waals surface area contributed by atoms with E-state index in [9.17, 15) is 14.7 Å². The summed E-state index contributed by atoms with van der Waals surface area (Å²) in [6, 6.07) is 1.32. The number of hydrogen-bond donors (Lipinski definition) is 1. The van der Waals surface area contributed by atoms with Crippen LogP contribution in [0.1, 0.15) is 6.42 Å². The number of rotatable bonds is 5. The normalized spacial score (nSPS) is 11.7. The van der Waals surface area contributed by atoms with Crippen molar-refractivity contribution in [3.63, 3.8) is 0 Å². The molecule has 0 amide bonds. The maximum absolute atomic E-state index is 12.3. The predicted molar refractivity (Wildman–Crippen MR) is 85.8 cm³/mol. The molecule has 0 aliphatic heterocycles. The summed E-state index contributed by atoms with van der Waals surface area (Å²) in [5.41, 5.74) is -0.597. The van der Waals surface area contributed by atoms with Crippen molar-refractivity contribution in [2.24, 2.45) is 7.05 Å². The van der Waals surface area contributed by atoms with Crippen LogP contribution >= 0.6 is 28.5 Å². The van der Waals surface area contributed by atoms with Gasteiger partial charge in [0.1, 0.15) is 11.4 Å². The summed E-state index contributed by atoms with van der Waals surface area (Å²) in [7, 11) is 1.55. The van der Waals surface area contributed by atoms with Gasteiger partial charge in [-0.2, -0.15) is 0 Å². The Morgan fingerprint density at radius 2 is 2.25 bits per heavy atom. The Labute approximate surface area is 128 Å². The Balaban J connectivity index is 2.49. The first-order valence-electron chi connectivity index (χ1n) is 5.82. The first-order valence-corrected chi connectivity index (χ1v) is 9.84. The predicted octanol–water partition coefficient (Wildman–Crippen LogP) is 1.15. The Bertz CT molecular complexity index is 743. The summed E-state index contributed by atoms with van der Waals surface area (Å²) in [4.78, 5) is 28.3. The Morgan fingerprint density at radius 1 is 1.50 bits per heavy atom. The van der Waals surface area contributed by atoms with Gasteiger partial charge < -0.3 is 9.63 Å². The summed E-state index contributed by atoms with van der Waals surface area (Å²) in [6.45, 7) is 1.13. The van der Waals surface area contributed by atoms with E-state index in [4.69, 9.17) is 4.52 Å². The van der Waals surface area contributed by atoms with Gasteiger partial charge in [0.2, 0.25) is 0 Å². The monoisotopic (exact) mass is 409 g/mol. The standard InChI is InChI=1S/C11H13IN3O4P/c1-14-9-8(5-7(16)6-13-9)10(17)15(11(14)18)3-2-4-19-20-12/h5-6,16,20H,2-4H2,1H3. The second-order valence-electron chi connectivity index (χ2n) is 4.14. The third-order valence-corrected chi connectivity index (χ3v) is 4.09. The molecule has 1 N–H and O–H groups in total. The van der Waals surface area contributed by atoms with E-state index in [2.05, 4.69) is 27.0 Å². The third-order valence-electron chi connectivity index (χ3n) is 2.85. The van der Waals surface area contributed by atoms with Crippen LogP contribution in [0.4, 0.5) is 0 Å². The fourth-order valence-electron chi connectivity index (χ4n) is 1.91. The van der Waals surface area contributed by atoms with Crippen molar-refractivity contribution >= 4 is 39.5 Å². The van der Waals surface area contributed by atoms with Gasteiger partial charge in [-0.05, 0) is 34.5 Å². The Kier molecular flexibility index (Phi) is 5.11. The van der Waals surface area contributed by atoms with Crippen LogP contribution in [0.2, 0.25) is 0 Å². The summed E-state index contributed by atoms with van der Waals surface area (Å²) >= 11 is 2.11. The second-order valence-corrected chi connectivity index (χ2v) is 5.91. The summed E-state index contributed by atoms with van der Waals surface area (Å²) in [6.07, 6.45) is 1.78. The van der Waals surface area contributed by atoms with E-state index in [1.54, 1.807) is 7.05 Å². The lowest BCUT2D eigenvalue weighted by atomic mass is 10.3. The minimum atomic E-state index is -0.441. The number of nitrogens with zero attached hydrogens (tertiary/aromatic N) is 3. The third kappa shape index (κ3) is 3.02. The molecule has 7 nitrogen and oxygen atoms in total. The van der Waals surface area contributed by atoms with Crippen molar-refractivity contribution in [1.82, 2.24) is 14.1 Å². The highest BCUT2D eigenvalue weighted by Crippen LogP contribution is 2.21. The molecule has 2 aromatic rings. The molecule has 0 radical (unpaired) electrons. The van der Waals surface area contributed by atoms with Crippen LogP contribution in [0.3, 0.4) is 0 Å². The van der Waals surface area contributed by atoms with Crippen LogP contribution in [0, 0.1) is 0 Å². The van der Waals surface area contributed by atoms with Gasteiger partial charge in [-0.15, -0.1) is 0 Å². The molecule has 1 unspecified atom stereocenters. The number of hydrogen-bond acceptors (Lipinski definition) is 5. The number of aryl methyl sites for hydroxylation is 1. The van der Waals surface area contributed by atoms with Crippen LogP contribution in [0.15, 0.2) is 21.9 Å². The quantitative estimate of drug-likeness (QED) is 0.455. The van der Waals surface area contributed by atoms with Gasteiger partial charge in [-0.1, -0.05) is 0 Å². The largest absolute Gasteiger partial charge is 0.506 e. The molecule has 0 aliphatic rings. The zero-order valence-corrected chi connectivity index (χ0v) is 13.8. The lowest BCUT2D eigenvalue weighted by Crippen LogP contribution is -2.39. The fourth-order valence-corrected chi connectivity index (χ4v) is 2.79. The SMILES string of the molecule is Cn1c(=O)n(CCCOPI)c(=O)c2cc(O)cnc21. The van der Waals surface area contributed by atoms with Crippen molar-refractivity contribution < 1.29 is 9.63 Å². The minimum absolute atomic E-state index is 0.103. The maximum Gasteiger partial charge on any atom is 0.332 e. The highest BCUT2D eigenvalue weighted by Gasteiger charge is 2.12. The molecule has 2 heterocycles. The van der Waals surface area contributed by atoms with E-state index in [1.165, 1.54) is 16.8 Å². The lowest BCUT2D eigenvalue weighted by Gasteiger charge is -2.10. The van der Waals surface area contributed by atoms with Crippen LogP contribution < -0.4 is 11.2 Å². The Hall–Kier alpha value is -0.990. The van der Waals surface area contributed by atoms with E-state index in [-0.39, 0.29) is 23.3 Å². The van der Waals surface area contributed by atoms with Gasteiger partial charge in [0.05, 0.1) is 24.6 Å². The van der Waals surface area contributed by atoms with Gasteiger partial charge in [0, 0.05) is 13.6 Å². The van der Waals surface area contributed by atoms with Crippen LogP contribution in [0.5, 0.6) is 5.75 Å². The molecule has 0 aromatic carbocycles. The number of halogens is 1. The summed E-state index contributed by atoms with van der Waals surface area (Å²) in [5.74, 6) is -0.103. The molecular weight excluding hydrogens is 396 g/mol. The van der Waals surface area contributed by atoms with Gasteiger partial charge in [0.25, 0.3) is 5.56 Å². The molecule has 0 saturated heterocycles. The fraction of sp³-hybridized carbons (Fsp3) is 0.364. The molecule has 2 aromatic heterocycles. The van der Waals surface area contributed by atoms with Crippen molar-refractivity contribution in [2.75, 3.05) is 6.61 Å². The average Bonchev–Trinajstić information content (AvgIpc) is 2.44. The maximum atomic E-state index is 12.3. The minimum Gasteiger partial charge on any atom is -0.506 e. The molecule has 20 heavy (non-hydrogen) atoms. The van der Waals surface area contributed by atoms with Crippen molar-refractivity contribution in [3.05, 3.63) is 33.1 Å². The molecule has 1 atom stereocenters. The second kappa shape index (κ2) is 6.64. The molecule has 9 heteroatoms. The van der Waals surface area contributed by atoms with Gasteiger partial charge in [-0.25, -0.2) is 9.78 Å². The van der Waals surface area contributed by atoms with E-state index in [0.717, 1.165) is 4.57 Å². The van der Waals surface area contributed by atoms with Gasteiger partial charge in [-0.3, -0.25) is 13.9 Å². The van der Waals surface area contributed by atoms with Crippen LogP contribution in [-0.4, -0.2) is 25.8 Å². The average molecular weight is 409 g/mol. The molecule has 0 bridgehead atoms. The van der Waals surface area contributed by atoms with E-state index in [0.29, 0.717) is 19.5 Å². The van der Waals surface area contributed by atoms with E-state index in [1.807, 2.05) is 0 Å². The highest BCUT2D eigenvalue weighted by atomic mass is 127. The molecular formula is C11H13IN3O4P. The molecule has 2 rings (SSSR count). The number of aromatic nitrogens is 3. The van der Waals surface area contributed by atoms with Crippen LogP contribution in [0.25, 0.3) is 11.0 Å². The Morgan fingerprint density at radius 3 is 2.95 bits per heavy atom. The first-order chi connectivity index (χ1) is 9.56. The number of aromatic hydroxyl groups is 1. The topological polar surface area (TPSA) is 86.3 Å². The van der Waals surface area contributed by atoms with Gasteiger partial charge >= 0.3 is 5.69 Å². The smallest absolute Gasteiger partial charge is 0.332 e. The molecule has 0 fully saturated rings. The molecule has 0 spiro atoms. The molecule has 0 saturated carbocycles. The summed E-state index contributed by atoms with van der Waals surface area (Å²) < 4.78 is 7.65. The van der Waals surface area contributed by atoms with Crippen LogP contribution in [-0.2, 0) is 18.1 Å². The van der Waals surface area contributed by atoms with E-state index < -0.39 is 11.2 Å². The highest BCUT2D eigenvalue weighted by molar-refractivity contribution is 14.2. The number of fused-ring (bicyclic) bond motifs is 1. The lowest BCUT2D eigenvalue weighted by molar-refractivity contribution is 0.344. The van der Waals surface area contributed by atoms with Crippen molar-refractivity contribution in [2.45, 2.75) is 13.0 Å². The van der Waals surface area contributed by atoms with Gasteiger partial charge in [0.15, 0.2) is 0 Å². The zero-order chi connectivity index (χ0) is 14.7. The first kappa shape index (κ1) is 15.4. The summed E-state index contributed by atoms with van der Waals surface area (Å²) in [5, 5.41) is 9.66. The number of pyridine rings is 1.